The Kier molecular flexibility index (Phi) is 4.66. The van der Waals surface area contributed by atoms with Crippen molar-refractivity contribution in [3.63, 3.8) is 0 Å². The summed E-state index contributed by atoms with van der Waals surface area (Å²) in [6.07, 6.45) is 0.412. The van der Waals surface area contributed by atoms with Crippen LogP contribution in [0.25, 0.3) is 0 Å². The van der Waals surface area contributed by atoms with Crippen LogP contribution >= 0.6 is 39.1 Å². The average molecular weight is 348 g/mol. The lowest BCUT2D eigenvalue weighted by Gasteiger charge is -2.12. The normalized spacial score (nSPS) is 12.4. The van der Waals surface area contributed by atoms with E-state index in [0.717, 1.165) is 10.0 Å². The first kappa shape index (κ1) is 13.9. The summed E-state index contributed by atoms with van der Waals surface area (Å²) >= 11 is 15.8. The number of hydrogen-bond acceptors (Lipinski definition) is 0. The number of hydrogen-bond donors (Lipinski definition) is 0. The van der Waals surface area contributed by atoms with Crippen molar-refractivity contribution < 1.29 is 4.39 Å². The highest BCUT2D eigenvalue weighted by atomic mass is 79.9. The molecular formula is C14H10BrCl2F. The lowest BCUT2D eigenvalue weighted by Crippen LogP contribution is -1.99. The van der Waals surface area contributed by atoms with Crippen LogP contribution in [0.15, 0.2) is 46.9 Å². The quantitative estimate of drug-likeness (QED) is 0.619. The fourth-order valence-corrected chi connectivity index (χ4v) is 2.94. The second-order valence-electron chi connectivity index (χ2n) is 3.93. The van der Waals surface area contributed by atoms with Gasteiger partial charge in [0, 0.05) is 9.50 Å². The minimum Gasteiger partial charge on any atom is -0.207 e. The molecule has 2 aromatic carbocycles. The fourth-order valence-electron chi connectivity index (χ4n) is 1.72. The minimum atomic E-state index is -0.345. The first-order valence-corrected chi connectivity index (χ1v) is 7.01. The average Bonchev–Trinajstić information content (AvgIpc) is 2.32. The summed E-state index contributed by atoms with van der Waals surface area (Å²) in [4.78, 5) is 0. The van der Waals surface area contributed by atoms with E-state index >= 15 is 0 Å². The maximum atomic E-state index is 13.5. The Morgan fingerprint density at radius 3 is 2.56 bits per heavy atom. The molecular weight excluding hydrogens is 338 g/mol. The van der Waals surface area contributed by atoms with Crippen molar-refractivity contribution in [3.8, 4) is 0 Å². The fraction of sp³-hybridized carbons (Fsp3) is 0.143. The molecule has 0 fully saturated rings. The number of benzene rings is 2. The molecule has 94 valence electrons. The van der Waals surface area contributed by atoms with Crippen molar-refractivity contribution in [2.45, 2.75) is 11.8 Å². The molecule has 0 radical (unpaired) electrons. The molecule has 2 rings (SSSR count). The Hall–Kier alpha value is -0.570. The Morgan fingerprint density at radius 1 is 1.17 bits per heavy atom. The molecule has 0 amide bonds. The smallest absolute Gasteiger partial charge is 0.126 e. The molecule has 0 aromatic heterocycles. The summed E-state index contributed by atoms with van der Waals surface area (Å²) in [5.74, 6) is -0.239. The van der Waals surface area contributed by atoms with Crippen molar-refractivity contribution >= 4 is 39.1 Å². The lowest BCUT2D eigenvalue weighted by atomic mass is 10.0. The number of halogens is 4. The van der Waals surface area contributed by atoms with Gasteiger partial charge in [-0.2, -0.15) is 0 Å². The van der Waals surface area contributed by atoms with Gasteiger partial charge in [0.25, 0.3) is 0 Å². The van der Waals surface area contributed by atoms with Crippen LogP contribution in [0, 0.1) is 5.82 Å². The van der Waals surface area contributed by atoms with Gasteiger partial charge < -0.3 is 0 Å². The molecule has 0 N–H and O–H groups in total. The molecule has 0 aliphatic rings. The molecule has 0 aliphatic heterocycles. The van der Waals surface area contributed by atoms with E-state index in [1.807, 2.05) is 12.1 Å². The van der Waals surface area contributed by atoms with Gasteiger partial charge in [-0.15, -0.1) is 11.6 Å². The highest BCUT2D eigenvalue weighted by Gasteiger charge is 2.14. The van der Waals surface area contributed by atoms with Gasteiger partial charge >= 0.3 is 0 Å². The van der Waals surface area contributed by atoms with Gasteiger partial charge in [-0.05, 0) is 35.7 Å². The summed E-state index contributed by atoms with van der Waals surface area (Å²) < 4.78 is 14.4. The maximum absolute atomic E-state index is 13.5. The molecule has 18 heavy (non-hydrogen) atoms. The van der Waals surface area contributed by atoms with Gasteiger partial charge in [-0.25, -0.2) is 4.39 Å². The van der Waals surface area contributed by atoms with Crippen LogP contribution in [0.3, 0.4) is 0 Å². The standard InChI is InChI=1S/C14H10BrCl2F/c15-10-5-6-11(13(17)8-10)12(16)7-9-3-1-2-4-14(9)18/h1-6,8,12H,7H2. The van der Waals surface area contributed by atoms with Gasteiger partial charge in [-0.1, -0.05) is 51.8 Å². The molecule has 0 aliphatic carbocycles. The topological polar surface area (TPSA) is 0 Å². The highest BCUT2D eigenvalue weighted by Crippen LogP contribution is 2.32. The van der Waals surface area contributed by atoms with Crippen LogP contribution < -0.4 is 0 Å². The second kappa shape index (κ2) is 6.05. The van der Waals surface area contributed by atoms with E-state index in [9.17, 15) is 4.39 Å². The summed E-state index contributed by atoms with van der Waals surface area (Å²) in [6.45, 7) is 0. The third-order valence-electron chi connectivity index (χ3n) is 2.66. The summed E-state index contributed by atoms with van der Waals surface area (Å²) in [6, 6.07) is 12.1. The molecule has 1 atom stereocenters. The summed E-state index contributed by atoms with van der Waals surface area (Å²) in [5.41, 5.74) is 1.40. The SMILES string of the molecule is Fc1ccccc1CC(Cl)c1ccc(Br)cc1Cl. The monoisotopic (exact) mass is 346 g/mol. The van der Waals surface area contributed by atoms with Gasteiger partial charge in [0.1, 0.15) is 5.82 Å². The molecule has 1 unspecified atom stereocenters. The van der Waals surface area contributed by atoms with E-state index in [1.54, 1.807) is 24.3 Å². The minimum absolute atomic E-state index is 0.239. The molecule has 4 heteroatoms. The Labute approximate surface area is 124 Å². The molecule has 0 bridgehead atoms. The number of rotatable bonds is 3. The summed E-state index contributed by atoms with van der Waals surface area (Å²) in [5, 5.41) is 0.239. The Bertz CT molecular complexity index is 557. The summed E-state index contributed by atoms with van der Waals surface area (Å²) in [7, 11) is 0. The molecule has 2 aromatic rings. The van der Waals surface area contributed by atoms with Crippen LogP contribution in [-0.2, 0) is 6.42 Å². The van der Waals surface area contributed by atoms with E-state index < -0.39 is 0 Å². The van der Waals surface area contributed by atoms with Crippen LogP contribution in [0.4, 0.5) is 4.39 Å². The Morgan fingerprint density at radius 2 is 1.89 bits per heavy atom. The van der Waals surface area contributed by atoms with Crippen molar-refractivity contribution in [2.75, 3.05) is 0 Å². The van der Waals surface area contributed by atoms with Crippen molar-refractivity contribution in [1.82, 2.24) is 0 Å². The van der Waals surface area contributed by atoms with Gasteiger partial charge in [0.2, 0.25) is 0 Å². The van der Waals surface area contributed by atoms with Crippen LogP contribution in [0.1, 0.15) is 16.5 Å². The molecule has 0 saturated heterocycles. The first-order valence-electron chi connectivity index (χ1n) is 5.40. The number of alkyl halides is 1. The zero-order chi connectivity index (χ0) is 13.1. The largest absolute Gasteiger partial charge is 0.207 e. The third-order valence-corrected chi connectivity index (χ3v) is 3.87. The molecule has 0 saturated carbocycles. The molecule has 0 heterocycles. The first-order chi connectivity index (χ1) is 8.58. The van der Waals surface area contributed by atoms with Crippen molar-refractivity contribution in [2.24, 2.45) is 0 Å². The van der Waals surface area contributed by atoms with E-state index in [-0.39, 0.29) is 11.2 Å². The van der Waals surface area contributed by atoms with E-state index in [2.05, 4.69) is 15.9 Å². The maximum Gasteiger partial charge on any atom is 0.126 e. The van der Waals surface area contributed by atoms with Gasteiger partial charge in [-0.3, -0.25) is 0 Å². The highest BCUT2D eigenvalue weighted by molar-refractivity contribution is 9.10. The van der Waals surface area contributed by atoms with E-state index in [1.165, 1.54) is 6.07 Å². The van der Waals surface area contributed by atoms with Crippen molar-refractivity contribution in [1.29, 1.82) is 0 Å². The van der Waals surface area contributed by atoms with Crippen LogP contribution in [0.2, 0.25) is 5.02 Å². The Balaban J connectivity index is 2.22. The predicted molar refractivity (Wildman–Crippen MR) is 77.9 cm³/mol. The second-order valence-corrected chi connectivity index (χ2v) is 5.78. The van der Waals surface area contributed by atoms with Gasteiger partial charge in [0.05, 0.1) is 5.38 Å². The molecule has 0 nitrogen and oxygen atoms in total. The van der Waals surface area contributed by atoms with Gasteiger partial charge in [0.15, 0.2) is 0 Å². The molecule has 0 spiro atoms. The predicted octanol–water partition coefficient (Wildman–Crippen LogP) is 5.76. The van der Waals surface area contributed by atoms with Crippen LogP contribution in [0.5, 0.6) is 0 Å². The third kappa shape index (κ3) is 3.25. The zero-order valence-corrected chi connectivity index (χ0v) is 12.4. The van der Waals surface area contributed by atoms with E-state index in [4.69, 9.17) is 23.2 Å². The van der Waals surface area contributed by atoms with Crippen molar-refractivity contribution in [3.05, 3.63) is 68.9 Å². The lowest BCUT2D eigenvalue weighted by molar-refractivity contribution is 0.607. The van der Waals surface area contributed by atoms with Crippen LogP contribution in [-0.4, -0.2) is 0 Å². The zero-order valence-electron chi connectivity index (χ0n) is 9.34. The van der Waals surface area contributed by atoms with E-state index in [0.29, 0.717) is 17.0 Å².